The number of nitrogens with zero attached hydrogens (tertiary/aromatic N) is 1. The second kappa shape index (κ2) is 8.71. The molecule has 0 spiro atoms. The fourth-order valence-corrected chi connectivity index (χ4v) is 3.21. The molecule has 0 aliphatic rings. The van der Waals surface area contributed by atoms with Crippen LogP contribution in [0.5, 0.6) is 11.5 Å². The predicted octanol–water partition coefficient (Wildman–Crippen LogP) is 3.50. The zero-order valence-corrected chi connectivity index (χ0v) is 16.5. The molecule has 146 valence electrons. The Hall–Kier alpha value is -3.13. The highest BCUT2D eigenvalue weighted by molar-refractivity contribution is 7.71. The zero-order chi connectivity index (χ0) is 20.1. The molecule has 0 fully saturated rings. The number of rotatable bonds is 7. The minimum atomic E-state index is -0.185. The van der Waals surface area contributed by atoms with Crippen LogP contribution in [0, 0.1) is 4.77 Å². The van der Waals surface area contributed by atoms with Gasteiger partial charge in [-0.2, -0.15) is 0 Å². The van der Waals surface area contributed by atoms with Crippen LogP contribution in [0.15, 0.2) is 47.3 Å². The van der Waals surface area contributed by atoms with Gasteiger partial charge in [0, 0.05) is 19.0 Å². The molecule has 0 bridgehead atoms. The number of methoxy groups -OCH3 is 2. The van der Waals surface area contributed by atoms with E-state index in [9.17, 15) is 9.59 Å². The summed E-state index contributed by atoms with van der Waals surface area (Å²) in [5, 5.41) is 3.39. The fraction of sp³-hybridized carbons (Fsp3) is 0.250. The van der Waals surface area contributed by atoms with Crippen molar-refractivity contribution in [2.45, 2.75) is 19.4 Å². The Labute approximate surface area is 166 Å². The molecule has 0 radical (unpaired) electrons. The number of carbonyl (C=O) groups is 1. The maximum Gasteiger partial charge on any atom is 0.262 e. The standard InChI is InChI=1S/C20H21N3O4S/c1-26-13-9-10-17(27-2)16(12-13)21-18(24)8-5-11-23-19(25)14-6-3-4-7-15(14)22-20(23)28/h3-4,6-7,9-10,12H,5,8,11H2,1-2H3,(H,21,24)(H,22,28). The smallest absolute Gasteiger partial charge is 0.262 e. The van der Waals surface area contributed by atoms with Crippen molar-refractivity contribution in [3.63, 3.8) is 0 Å². The summed E-state index contributed by atoms with van der Waals surface area (Å²) >= 11 is 5.29. The molecule has 28 heavy (non-hydrogen) atoms. The summed E-state index contributed by atoms with van der Waals surface area (Å²) in [7, 11) is 3.09. The summed E-state index contributed by atoms with van der Waals surface area (Å²) in [6, 6.07) is 12.4. The van der Waals surface area contributed by atoms with E-state index in [1.54, 1.807) is 37.4 Å². The van der Waals surface area contributed by atoms with E-state index < -0.39 is 0 Å². The van der Waals surface area contributed by atoms with Gasteiger partial charge >= 0.3 is 0 Å². The van der Waals surface area contributed by atoms with Crippen LogP contribution in [0.2, 0.25) is 0 Å². The maximum absolute atomic E-state index is 12.6. The van der Waals surface area contributed by atoms with Gasteiger partial charge in [-0.05, 0) is 42.9 Å². The Bertz CT molecular complexity index is 1120. The first-order chi connectivity index (χ1) is 13.5. The first-order valence-corrected chi connectivity index (χ1v) is 9.18. The number of aromatic amines is 1. The van der Waals surface area contributed by atoms with Crippen LogP contribution >= 0.6 is 12.2 Å². The number of hydrogen-bond donors (Lipinski definition) is 2. The molecule has 2 N–H and O–H groups in total. The van der Waals surface area contributed by atoms with Gasteiger partial charge < -0.3 is 19.8 Å². The van der Waals surface area contributed by atoms with Gasteiger partial charge in [-0.3, -0.25) is 14.2 Å². The molecular weight excluding hydrogens is 378 g/mol. The van der Waals surface area contributed by atoms with E-state index in [0.29, 0.717) is 45.8 Å². The second-order valence-electron chi connectivity index (χ2n) is 6.15. The van der Waals surface area contributed by atoms with Crippen molar-refractivity contribution < 1.29 is 14.3 Å². The normalized spacial score (nSPS) is 10.6. The summed E-state index contributed by atoms with van der Waals surface area (Å²) in [6.45, 7) is 0.349. The Morgan fingerprint density at radius 1 is 1.18 bits per heavy atom. The van der Waals surface area contributed by atoms with Crippen molar-refractivity contribution in [2.24, 2.45) is 0 Å². The highest BCUT2D eigenvalue weighted by atomic mass is 32.1. The number of carbonyl (C=O) groups excluding carboxylic acids is 1. The first-order valence-electron chi connectivity index (χ1n) is 8.77. The van der Waals surface area contributed by atoms with Crippen molar-refractivity contribution in [3.8, 4) is 11.5 Å². The molecule has 2 aromatic carbocycles. The highest BCUT2D eigenvalue weighted by Gasteiger charge is 2.10. The lowest BCUT2D eigenvalue weighted by atomic mass is 10.2. The number of ether oxygens (including phenoxy) is 2. The van der Waals surface area contributed by atoms with Gasteiger partial charge in [-0.15, -0.1) is 0 Å². The number of H-pyrrole nitrogens is 1. The lowest BCUT2D eigenvalue weighted by molar-refractivity contribution is -0.116. The van der Waals surface area contributed by atoms with E-state index in [-0.39, 0.29) is 17.9 Å². The van der Waals surface area contributed by atoms with Crippen LogP contribution < -0.4 is 20.3 Å². The Morgan fingerprint density at radius 2 is 1.96 bits per heavy atom. The number of benzene rings is 2. The molecule has 0 saturated carbocycles. The van der Waals surface area contributed by atoms with Crippen molar-refractivity contribution in [2.75, 3.05) is 19.5 Å². The average molecular weight is 399 g/mol. The van der Waals surface area contributed by atoms with Crippen molar-refractivity contribution in [3.05, 3.63) is 57.6 Å². The van der Waals surface area contributed by atoms with Crippen LogP contribution in [0.3, 0.4) is 0 Å². The van der Waals surface area contributed by atoms with E-state index in [1.807, 2.05) is 12.1 Å². The molecule has 1 heterocycles. The largest absolute Gasteiger partial charge is 0.497 e. The molecule has 0 saturated heterocycles. The van der Waals surface area contributed by atoms with E-state index in [4.69, 9.17) is 21.7 Å². The zero-order valence-electron chi connectivity index (χ0n) is 15.7. The quantitative estimate of drug-likeness (QED) is 0.594. The third-order valence-corrected chi connectivity index (χ3v) is 4.68. The van der Waals surface area contributed by atoms with Crippen LogP contribution in [-0.4, -0.2) is 29.7 Å². The number of aromatic nitrogens is 2. The average Bonchev–Trinajstić information content (AvgIpc) is 2.70. The van der Waals surface area contributed by atoms with Crippen LogP contribution in [0.1, 0.15) is 12.8 Å². The minimum absolute atomic E-state index is 0.158. The number of para-hydroxylation sites is 1. The fourth-order valence-electron chi connectivity index (χ4n) is 2.92. The summed E-state index contributed by atoms with van der Waals surface area (Å²) < 4.78 is 12.3. The topological polar surface area (TPSA) is 85.3 Å². The van der Waals surface area contributed by atoms with Crippen molar-refractivity contribution >= 4 is 34.7 Å². The maximum atomic E-state index is 12.6. The lowest BCUT2D eigenvalue weighted by Gasteiger charge is -2.12. The van der Waals surface area contributed by atoms with E-state index >= 15 is 0 Å². The van der Waals surface area contributed by atoms with Gasteiger partial charge in [0.05, 0.1) is 30.8 Å². The molecule has 0 aliphatic heterocycles. The van der Waals surface area contributed by atoms with Crippen molar-refractivity contribution in [1.82, 2.24) is 9.55 Å². The third-order valence-electron chi connectivity index (χ3n) is 4.36. The summed E-state index contributed by atoms with van der Waals surface area (Å²) in [5.74, 6) is 0.975. The molecule has 0 unspecified atom stereocenters. The predicted molar refractivity (Wildman–Crippen MR) is 111 cm³/mol. The molecule has 7 nitrogen and oxygen atoms in total. The van der Waals surface area contributed by atoms with E-state index in [0.717, 1.165) is 0 Å². The van der Waals surface area contributed by atoms with Gasteiger partial charge in [0.25, 0.3) is 5.56 Å². The lowest BCUT2D eigenvalue weighted by Crippen LogP contribution is -2.23. The van der Waals surface area contributed by atoms with Gasteiger partial charge in [0.15, 0.2) is 4.77 Å². The Morgan fingerprint density at radius 3 is 2.71 bits per heavy atom. The van der Waals surface area contributed by atoms with Crippen LogP contribution in [0.25, 0.3) is 10.9 Å². The third kappa shape index (κ3) is 4.23. The second-order valence-corrected chi connectivity index (χ2v) is 6.54. The number of anilines is 1. The van der Waals surface area contributed by atoms with E-state index in [2.05, 4.69) is 10.3 Å². The van der Waals surface area contributed by atoms with Gasteiger partial charge in [0.1, 0.15) is 11.5 Å². The van der Waals surface area contributed by atoms with Crippen LogP contribution in [-0.2, 0) is 11.3 Å². The summed E-state index contributed by atoms with van der Waals surface area (Å²) in [4.78, 5) is 28.0. The van der Waals surface area contributed by atoms with Gasteiger partial charge in [-0.1, -0.05) is 12.1 Å². The van der Waals surface area contributed by atoms with Gasteiger partial charge in [-0.25, -0.2) is 0 Å². The molecule has 0 atom stereocenters. The number of fused-ring (bicyclic) bond motifs is 1. The van der Waals surface area contributed by atoms with Crippen LogP contribution in [0.4, 0.5) is 5.69 Å². The van der Waals surface area contributed by atoms with Crippen molar-refractivity contribution in [1.29, 1.82) is 0 Å². The monoisotopic (exact) mass is 399 g/mol. The summed E-state index contributed by atoms with van der Waals surface area (Å²) in [6.07, 6.45) is 0.697. The first kappa shape index (κ1) is 19.6. The van der Waals surface area contributed by atoms with E-state index in [1.165, 1.54) is 11.7 Å². The molecule has 8 heteroatoms. The SMILES string of the molecule is COc1ccc(OC)c(NC(=O)CCCn2c(=S)[nH]c3ccccc3c2=O)c1. The molecular formula is C20H21N3O4S. The Kier molecular flexibility index (Phi) is 6.10. The van der Waals surface area contributed by atoms with Gasteiger partial charge in [0.2, 0.25) is 5.91 Å². The number of amides is 1. The number of nitrogens with one attached hydrogen (secondary N) is 2. The molecule has 1 aromatic heterocycles. The Balaban J connectivity index is 1.67. The highest BCUT2D eigenvalue weighted by Crippen LogP contribution is 2.29. The molecule has 3 aromatic rings. The number of hydrogen-bond acceptors (Lipinski definition) is 5. The molecule has 0 aliphatic carbocycles. The molecule has 3 rings (SSSR count). The summed E-state index contributed by atoms with van der Waals surface area (Å²) in [5.41, 5.74) is 1.08. The molecule has 1 amide bonds. The minimum Gasteiger partial charge on any atom is -0.497 e.